The molecule has 0 spiro atoms. The second-order valence-electron chi connectivity index (χ2n) is 6.11. The standard InChI is InChI=1S/C19H15F6N3O2/c20-18(21,22)11-28(7-8-30-15-5-2-12(3-6-15)17(27)29)14-4-1-13(10-26)16(9-14)19(23,24)25/h1-6,9H,7-8,11H2,(H2,27,29). The predicted octanol–water partition coefficient (Wildman–Crippen LogP) is 4.12. The van der Waals surface area contributed by atoms with Crippen LogP contribution in [0.2, 0.25) is 0 Å². The summed E-state index contributed by atoms with van der Waals surface area (Å²) in [5.74, 6) is -0.429. The average molecular weight is 431 g/mol. The molecule has 5 nitrogen and oxygen atoms in total. The Hall–Kier alpha value is -3.42. The number of nitrogens with zero attached hydrogens (tertiary/aromatic N) is 2. The van der Waals surface area contributed by atoms with Gasteiger partial charge in [-0.1, -0.05) is 0 Å². The predicted molar refractivity (Wildman–Crippen MR) is 94.9 cm³/mol. The molecule has 0 saturated carbocycles. The lowest BCUT2D eigenvalue weighted by atomic mass is 10.1. The molecule has 0 radical (unpaired) electrons. The molecule has 2 aromatic rings. The Labute approximate surface area is 167 Å². The van der Waals surface area contributed by atoms with Crippen LogP contribution in [0.15, 0.2) is 42.5 Å². The molecule has 2 aromatic carbocycles. The highest BCUT2D eigenvalue weighted by molar-refractivity contribution is 5.92. The van der Waals surface area contributed by atoms with E-state index in [9.17, 15) is 31.1 Å². The maximum atomic E-state index is 13.1. The van der Waals surface area contributed by atoms with Crippen LogP contribution in [0.25, 0.3) is 0 Å². The molecule has 2 rings (SSSR count). The first-order valence-electron chi connectivity index (χ1n) is 8.36. The van der Waals surface area contributed by atoms with Crippen LogP contribution in [-0.4, -0.2) is 31.8 Å². The van der Waals surface area contributed by atoms with Crippen molar-refractivity contribution in [2.45, 2.75) is 12.4 Å². The summed E-state index contributed by atoms with van der Waals surface area (Å²) in [5.41, 5.74) is 2.94. The van der Waals surface area contributed by atoms with Crippen molar-refractivity contribution in [3.8, 4) is 11.8 Å². The first kappa shape index (κ1) is 22.9. The highest BCUT2D eigenvalue weighted by atomic mass is 19.4. The SMILES string of the molecule is N#Cc1ccc(N(CCOc2ccc(C(N)=O)cc2)CC(F)(F)F)cc1C(F)(F)F. The fourth-order valence-electron chi connectivity index (χ4n) is 2.57. The van der Waals surface area contributed by atoms with Crippen LogP contribution in [-0.2, 0) is 6.18 Å². The highest BCUT2D eigenvalue weighted by Crippen LogP contribution is 2.35. The molecule has 0 bridgehead atoms. The first-order chi connectivity index (χ1) is 13.9. The molecular formula is C19H15F6N3O2. The van der Waals surface area contributed by atoms with Crippen LogP contribution in [0.3, 0.4) is 0 Å². The molecule has 0 aliphatic rings. The Balaban J connectivity index is 2.20. The van der Waals surface area contributed by atoms with Gasteiger partial charge in [0.2, 0.25) is 5.91 Å². The van der Waals surface area contributed by atoms with Crippen LogP contribution in [0, 0.1) is 11.3 Å². The lowest BCUT2D eigenvalue weighted by Gasteiger charge is -2.27. The molecule has 0 aliphatic heterocycles. The number of hydrogen-bond acceptors (Lipinski definition) is 4. The van der Waals surface area contributed by atoms with E-state index in [0.29, 0.717) is 11.0 Å². The summed E-state index contributed by atoms with van der Waals surface area (Å²) in [6.45, 7) is -2.19. The number of halogens is 6. The van der Waals surface area contributed by atoms with Crippen molar-refractivity contribution >= 4 is 11.6 Å². The van der Waals surface area contributed by atoms with Crippen molar-refractivity contribution in [2.75, 3.05) is 24.6 Å². The van der Waals surface area contributed by atoms with Gasteiger partial charge in [-0.15, -0.1) is 0 Å². The summed E-state index contributed by atoms with van der Waals surface area (Å²) in [4.78, 5) is 11.7. The normalized spacial score (nSPS) is 11.6. The highest BCUT2D eigenvalue weighted by Gasteiger charge is 2.36. The Morgan fingerprint density at radius 2 is 1.70 bits per heavy atom. The number of nitrogens with two attached hydrogens (primary N) is 1. The van der Waals surface area contributed by atoms with Crippen molar-refractivity contribution < 1.29 is 35.9 Å². The van der Waals surface area contributed by atoms with E-state index in [4.69, 9.17) is 15.7 Å². The van der Waals surface area contributed by atoms with Crippen molar-refractivity contribution in [3.05, 3.63) is 59.2 Å². The number of carbonyl (C=O) groups is 1. The molecule has 0 aliphatic carbocycles. The largest absolute Gasteiger partial charge is 0.492 e. The van der Waals surface area contributed by atoms with E-state index in [0.717, 1.165) is 12.1 Å². The van der Waals surface area contributed by atoms with E-state index >= 15 is 0 Å². The summed E-state index contributed by atoms with van der Waals surface area (Å²) in [5, 5.41) is 8.83. The van der Waals surface area contributed by atoms with E-state index < -0.39 is 35.9 Å². The number of nitriles is 1. The van der Waals surface area contributed by atoms with Gasteiger partial charge in [0.15, 0.2) is 0 Å². The van der Waals surface area contributed by atoms with Crippen LogP contribution < -0.4 is 15.4 Å². The Morgan fingerprint density at radius 1 is 1.07 bits per heavy atom. The van der Waals surface area contributed by atoms with Crippen molar-refractivity contribution in [3.63, 3.8) is 0 Å². The van der Waals surface area contributed by atoms with Gasteiger partial charge in [0, 0.05) is 11.3 Å². The maximum Gasteiger partial charge on any atom is 0.417 e. The number of ether oxygens (including phenoxy) is 1. The number of primary amides is 1. The van der Waals surface area contributed by atoms with E-state index in [2.05, 4.69) is 0 Å². The van der Waals surface area contributed by atoms with Gasteiger partial charge >= 0.3 is 12.4 Å². The minimum atomic E-state index is -4.90. The fourth-order valence-corrected chi connectivity index (χ4v) is 2.57. The number of hydrogen-bond donors (Lipinski definition) is 1. The molecule has 30 heavy (non-hydrogen) atoms. The van der Waals surface area contributed by atoms with Gasteiger partial charge in [0.05, 0.1) is 23.7 Å². The smallest absolute Gasteiger partial charge is 0.417 e. The van der Waals surface area contributed by atoms with Crippen molar-refractivity contribution in [1.29, 1.82) is 5.26 Å². The van der Waals surface area contributed by atoms with Gasteiger partial charge in [-0.3, -0.25) is 4.79 Å². The third-order valence-corrected chi connectivity index (χ3v) is 3.93. The van der Waals surface area contributed by atoms with Gasteiger partial charge in [-0.25, -0.2) is 0 Å². The zero-order chi connectivity index (χ0) is 22.5. The van der Waals surface area contributed by atoms with Crippen molar-refractivity contribution in [1.82, 2.24) is 0 Å². The molecule has 2 N–H and O–H groups in total. The van der Waals surface area contributed by atoms with Gasteiger partial charge in [0.25, 0.3) is 0 Å². The molecule has 160 valence electrons. The second-order valence-corrected chi connectivity index (χ2v) is 6.11. The Kier molecular flexibility index (Phi) is 6.81. The van der Waals surface area contributed by atoms with E-state index in [1.54, 1.807) is 0 Å². The molecule has 0 heterocycles. The number of benzene rings is 2. The Morgan fingerprint density at radius 3 is 2.20 bits per heavy atom. The monoisotopic (exact) mass is 431 g/mol. The molecule has 1 amide bonds. The number of rotatable bonds is 7. The molecule has 0 fully saturated rings. The zero-order valence-corrected chi connectivity index (χ0v) is 15.2. The summed E-state index contributed by atoms with van der Waals surface area (Å²) in [6, 6.07) is 9.22. The van der Waals surface area contributed by atoms with Crippen LogP contribution in [0.4, 0.5) is 32.0 Å². The summed E-state index contributed by atoms with van der Waals surface area (Å²) >= 11 is 0. The van der Waals surface area contributed by atoms with Gasteiger partial charge in [-0.2, -0.15) is 31.6 Å². The maximum absolute atomic E-state index is 13.1. The third-order valence-electron chi connectivity index (χ3n) is 3.93. The first-order valence-corrected chi connectivity index (χ1v) is 8.36. The Bertz CT molecular complexity index is 933. The summed E-state index contributed by atoms with van der Waals surface area (Å²) < 4.78 is 83.5. The quantitative estimate of drug-likeness (QED) is 0.669. The fraction of sp³-hybridized carbons (Fsp3) is 0.263. The number of carbonyl (C=O) groups excluding carboxylic acids is 1. The number of anilines is 1. The second kappa shape index (κ2) is 8.94. The number of amides is 1. The average Bonchev–Trinajstić information content (AvgIpc) is 2.65. The lowest BCUT2D eigenvalue weighted by Crippen LogP contribution is -2.37. The van der Waals surface area contributed by atoms with E-state index in [1.165, 1.54) is 30.3 Å². The topological polar surface area (TPSA) is 79.3 Å². The minimum Gasteiger partial charge on any atom is -0.492 e. The molecule has 0 unspecified atom stereocenters. The summed E-state index contributed by atoms with van der Waals surface area (Å²) in [6.07, 6.45) is -9.58. The molecular weight excluding hydrogens is 416 g/mol. The molecule has 11 heteroatoms. The molecule has 0 atom stereocenters. The van der Waals surface area contributed by atoms with Crippen LogP contribution in [0.5, 0.6) is 5.75 Å². The van der Waals surface area contributed by atoms with Crippen LogP contribution in [0.1, 0.15) is 21.5 Å². The molecule has 0 saturated heterocycles. The van der Waals surface area contributed by atoms with Gasteiger partial charge < -0.3 is 15.4 Å². The molecule has 0 aromatic heterocycles. The van der Waals surface area contributed by atoms with Crippen molar-refractivity contribution in [2.24, 2.45) is 5.73 Å². The third kappa shape index (κ3) is 6.30. The minimum absolute atomic E-state index is 0.207. The zero-order valence-electron chi connectivity index (χ0n) is 15.2. The summed E-state index contributed by atoms with van der Waals surface area (Å²) in [7, 11) is 0. The van der Waals surface area contributed by atoms with Gasteiger partial charge in [-0.05, 0) is 42.5 Å². The van der Waals surface area contributed by atoms with Gasteiger partial charge in [0.1, 0.15) is 18.9 Å². The van der Waals surface area contributed by atoms with E-state index in [-0.39, 0.29) is 30.2 Å². The van der Waals surface area contributed by atoms with Crippen LogP contribution >= 0.6 is 0 Å². The lowest BCUT2D eigenvalue weighted by molar-refractivity contribution is -0.137. The van der Waals surface area contributed by atoms with E-state index in [1.807, 2.05) is 0 Å². The number of alkyl halides is 6.